The van der Waals surface area contributed by atoms with Crippen LogP contribution >= 0.6 is 0 Å². The van der Waals surface area contributed by atoms with Gasteiger partial charge >= 0.3 is 5.76 Å². The van der Waals surface area contributed by atoms with Crippen LogP contribution in [0.15, 0.2) is 63.9 Å². The maximum absolute atomic E-state index is 12.9. The molecular formula is C18H14F2N2O4S. The third kappa shape index (κ3) is 3.72. The Bertz CT molecular complexity index is 1080. The molecule has 0 aliphatic carbocycles. The number of hydrogen-bond donors (Lipinski definition) is 1. The first-order chi connectivity index (χ1) is 12.8. The van der Waals surface area contributed by atoms with E-state index in [1.54, 1.807) is 24.3 Å². The fraction of sp³-hybridized carbons (Fsp3) is 0.111. The van der Waals surface area contributed by atoms with Gasteiger partial charge in [0.05, 0.1) is 10.6 Å². The number of alkyl halides is 2. The number of halogens is 2. The molecule has 6 nitrogen and oxygen atoms in total. The number of rotatable bonds is 5. The number of nitrogens with one attached hydrogen (secondary N) is 1. The van der Waals surface area contributed by atoms with Crippen molar-refractivity contribution >= 4 is 21.4 Å². The largest absolute Gasteiger partial charge is 0.441 e. The monoisotopic (exact) mass is 392 g/mol. The van der Waals surface area contributed by atoms with Gasteiger partial charge in [0.2, 0.25) is 15.7 Å². The molecule has 27 heavy (non-hydrogen) atoms. The molecule has 0 saturated heterocycles. The topological polar surface area (TPSA) is 89.3 Å². The summed E-state index contributed by atoms with van der Waals surface area (Å²) >= 11 is 0. The average Bonchev–Trinajstić information content (AvgIpc) is 3.04. The number of aromatic nitrogens is 1. The van der Waals surface area contributed by atoms with Gasteiger partial charge in [0.15, 0.2) is 5.69 Å². The van der Waals surface area contributed by atoms with Gasteiger partial charge in [-0.25, -0.2) is 13.4 Å². The van der Waals surface area contributed by atoms with Crippen LogP contribution in [-0.2, 0) is 9.84 Å². The zero-order chi connectivity index (χ0) is 19.6. The lowest BCUT2D eigenvalue weighted by atomic mass is 10.2. The summed E-state index contributed by atoms with van der Waals surface area (Å²) in [6.07, 6.45) is 0. The van der Waals surface area contributed by atoms with Crippen LogP contribution in [0.1, 0.15) is 16.2 Å². The quantitative estimate of drug-likeness (QED) is 0.711. The van der Waals surface area contributed by atoms with E-state index in [1.807, 2.05) is 6.07 Å². The smallest absolute Gasteiger partial charge is 0.341 e. The normalized spacial score (nSPS) is 11.6. The van der Waals surface area contributed by atoms with Crippen LogP contribution < -0.4 is 5.32 Å². The predicted molar refractivity (Wildman–Crippen MR) is 94.3 cm³/mol. The second-order valence-electron chi connectivity index (χ2n) is 5.55. The first-order valence-corrected chi connectivity index (χ1v) is 9.30. The van der Waals surface area contributed by atoms with E-state index < -0.39 is 26.4 Å². The fourth-order valence-corrected chi connectivity index (χ4v) is 3.29. The molecule has 3 aromatic rings. The van der Waals surface area contributed by atoms with Gasteiger partial charge in [-0.05, 0) is 31.2 Å². The van der Waals surface area contributed by atoms with Crippen molar-refractivity contribution in [3.05, 3.63) is 66.1 Å². The molecule has 0 saturated carbocycles. The highest BCUT2D eigenvalue weighted by molar-refractivity contribution is 7.91. The Morgan fingerprint density at radius 3 is 2.37 bits per heavy atom. The van der Waals surface area contributed by atoms with Gasteiger partial charge in [0.1, 0.15) is 5.76 Å². The van der Waals surface area contributed by atoms with Gasteiger partial charge in [-0.3, -0.25) is 4.79 Å². The fourth-order valence-electron chi connectivity index (χ4n) is 2.41. The number of sulfone groups is 1. The molecule has 0 bridgehead atoms. The minimum absolute atomic E-state index is 0.0712. The first-order valence-electron chi connectivity index (χ1n) is 7.76. The summed E-state index contributed by atoms with van der Waals surface area (Å²) in [6.45, 7) is 1.52. The van der Waals surface area contributed by atoms with Crippen LogP contribution in [0.2, 0.25) is 0 Å². The molecule has 0 unspecified atom stereocenters. The van der Waals surface area contributed by atoms with Crippen molar-refractivity contribution in [2.45, 2.75) is 17.6 Å². The number of amides is 1. The van der Waals surface area contributed by atoms with E-state index in [4.69, 9.17) is 4.42 Å². The molecule has 3 rings (SSSR count). The maximum atomic E-state index is 12.9. The third-order valence-electron chi connectivity index (χ3n) is 3.71. The Kier molecular flexibility index (Phi) is 5.04. The van der Waals surface area contributed by atoms with Gasteiger partial charge in [-0.2, -0.15) is 8.78 Å². The predicted octanol–water partition coefficient (Wildman–Crippen LogP) is 3.90. The second-order valence-corrected chi connectivity index (χ2v) is 7.43. The van der Waals surface area contributed by atoms with Gasteiger partial charge in [-0.1, -0.05) is 30.3 Å². The Labute approximate surface area is 153 Å². The van der Waals surface area contributed by atoms with Crippen LogP contribution in [-0.4, -0.2) is 25.1 Å². The van der Waals surface area contributed by atoms with Gasteiger partial charge in [0.25, 0.3) is 5.91 Å². The number of para-hydroxylation sites is 1. The number of benzene rings is 2. The van der Waals surface area contributed by atoms with Crippen molar-refractivity contribution in [3.63, 3.8) is 0 Å². The summed E-state index contributed by atoms with van der Waals surface area (Å²) in [5, 5.41) is 2.32. The van der Waals surface area contributed by atoms with Crippen LogP contribution in [0.3, 0.4) is 0 Å². The minimum atomic E-state index is -4.88. The molecule has 0 aliphatic rings. The van der Waals surface area contributed by atoms with Crippen LogP contribution in [0.25, 0.3) is 11.5 Å². The second kappa shape index (κ2) is 7.28. The summed E-state index contributed by atoms with van der Waals surface area (Å²) in [5.41, 5.74) is 0.324. The zero-order valence-electron chi connectivity index (χ0n) is 14.0. The molecule has 1 amide bonds. The standard InChI is InChI=1S/C18H14F2N2O4S/c1-11-15(22-17(26-11)12-7-3-2-4-8-12)16(23)21-13-9-5-6-10-14(13)27(24,25)18(19)20/h2-10,18H,1H3,(H,21,23). The molecule has 1 N–H and O–H groups in total. The molecule has 9 heteroatoms. The molecule has 2 aromatic carbocycles. The zero-order valence-corrected chi connectivity index (χ0v) is 14.8. The number of oxazole rings is 1. The molecular weight excluding hydrogens is 378 g/mol. The number of aryl methyl sites for hydroxylation is 1. The van der Waals surface area contributed by atoms with E-state index in [0.29, 0.717) is 5.56 Å². The summed E-state index contributed by atoms with van der Waals surface area (Å²) in [7, 11) is -4.88. The lowest BCUT2D eigenvalue weighted by Gasteiger charge is -2.10. The Balaban J connectivity index is 1.93. The van der Waals surface area contributed by atoms with Gasteiger partial charge in [0, 0.05) is 5.56 Å². The van der Waals surface area contributed by atoms with E-state index in [1.165, 1.54) is 25.1 Å². The highest BCUT2D eigenvalue weighted by Gasteiger charge is 2.30. The van der Waals surface area contributed by atoms with Crippen molar-refractivity contribution in [1.82, 2.24) is 4.98 Å². The number of anilines is 1. The minimum Gasteiger partial charge on any atom is -0.441 e. The molecule has 0 radical (unpaired) electrons. The van der Waals surface area contributed by atoms with Crippen LogP contribution in [0.5, 0.6) is 0 Å². The van der Waals surface area contributed by atoms with Crippen molar-refractivity contribution in [1.29, 1.82) is 0 Å². The van der Waals surface area contributed by atoms with Crippen molar-refractivity contribution in [3.8, 4) is 11.5 Å². The Hall–Kier alpha value is -3.07. The molecule has 0 fully saturated rings. The molecule has 0 spiro atoms. The molecule has 1 aromatic heterocycles. The van der Waals surface area contributed by atoms with Gasteiger partial charge < -0.3 is 9.73 Å². The molecule has 0 atom stereocenters. The summed E-state index contributed by atoms with van der Waals surface area (Å²) in [5.74, 6) is -3.95. The lowest BCUT2D eigenvalue weighted by molar-refractivity contribution is 0.102. The number of carbonyl (C=O) groups is 1. The summed E-state index contributed by atoms with van der Waals surface area (Å²) < 4.78 is 54.8. The maximum Gasteiger partial charge on any atom is 0.341 e. The molecule has 140 valence electrons. The lowest BCUT2D eigenvalue weighted by Crippen LogP contribution is -2.18. The van der Waals surface area contributed by atoms with E-state index in [9.17, 15) is 22.0 Å². The van der Waals surface area contributed by atoms with E-state index in [0.717, 1.165) is 6.07 Å². The highest BCUT2D eigenvalue weighted by Crippen LogP contribution is 2.27. The summed E-state index contributed by atoms with van der Waals surface area (Å²) in [4.78, 5) is 16.0. The van der Waals surface area contributed by atoms with Crippen LogP contribution in [0, 0.1) is 6.92 Å². The van der Waals surface area contributed by atoms with E-state index >= 15 is 0 Å². The number of carbonyl (C=O) groups excluding carboxylic acids is 1. The van der Waals surface area contributed by atoms with Crippen LogP contribution in [0.4, 0.5) is 14.5 Å². The van der Waals surface area contributed by atoms with Crippen molar-refractivity contribution in [2.24, 2.45) is 0 Å². The SMILES string of the molecule is Cc1oc(-c2ccccc2)nc1C(=O)Nc1ccccc1S(=O)(=O)C(F)F. The molecule has 1 heterocycles. The Morgan fingerprint density at radius 2 is 1.70 bits per heavy atom. The van der Waals surface area contributed by atoms with Crippen molar-refractivity contribution < 1.29 is 26.4 Å². The third-order valence-corrected chi connectivity index (χ3v) is 5.15. The first kappa shape index (κ1) is 18.7. The Morgan fingerprint density at radius 1 is 1.07 bits per heavy atom. The van der Waals surface area contributed by atoms with E-state index in [-0.39, 0.29) is 23.0 Å². The average molecular weight is 392 g/mol. The number of hydrogen-bond acceptors (Lipinski definition) is 5. The highest BCUT2D eigenvalue weighted by atomic mass is 32.2. The summed E-state index contributed by atoms with van der Waals surface area (Å²) in [6, 6.07) is 13.8. The number of nitrogens with zero attached hydrogens (tertiary/aromatic N) is 1. The van der Waals surface area contributed by atoms with E-state index in [2.05, 4.69) is 10.3 Å². The van der Waals surface area contributed by atoms with Gasteiger partial charge in [-0.15, -0.1) is 0 Å². The molecule has 0 aliphatic heterocycles. The van der Waals surface area contributed by atoms with Crippen molar-refractivity contribution in [2.75, 3.05) is 5.32 Å².